The van der Waals surface area contributed by atoms with Crippen LogP contribution in [0.1, 0.15) is 12.8 Å². The van der Waals surface area contributed by atoms with Gasteiger partial charge in [0.2, 0.25) is 0 Å². The molecule has 0 aliphatic carbocycles. The second-order valence-electron chi connectivity index (χ2n) is 5.08. The molecule has 18 heavy (non-hydrogen) atoms. The molecule has 0 bridgehead atoms. The Hall–Kier alpha value is -0.290. The Labute approximate surface area is 122 Å². The number of halogens is 2. The highest BCUT2D eigenvalue weighted by molar-refractivity contribution is 9.10. The Bertz CT molecular complexity index is 427. The predicted octanol–water partition coefficient (Wildman–Crippen LogP) is 2.94. The molecule has 0 amide bonds. The zero-order valence-corrected chi connectivity index (χ0v) is 12.9. The number of nitrogens with one attached hydrogen (secondary N) is 1. The largest absolute Gasteiger partial charge is 0.377 e. The van der Waals surface area contributed by atoms with Crippen LogP contribution in [0.25, 0.3) is 0 Å². The van der Waals surface area contributed by atoms with Crippen molar-refractivity contribution >= 4 is 33.2 Å². The molecule has 1 unspecified atom stereocenters. The highest BCUT2D eigenvalue weighted by atomic mass is 79.9. The van der Waals surface area contributed by atoms with E-state index in [4.69, 9.17) is 17.3 Å². The van der Waals surface area contributed by atoms with Crippen molar-refractivity contribution in [3.05, 3.63) is 27.7 Å². The molecule has 1 aromatic rings. The number of likely N-dealkylation sites (N-methyl/N-ethyl adjacent to an activating group) is 1. The average molecular weight is 333 g/mol. The van der Waals surface area contributed by atoms with Crippen molar-refractivity contribution in [1.29, 1.82) is 0 Å². The van der Waals surface area contributed by atoms with Crippen molar-refractivity contribution in [3.63, 3.8) is 0 Å². The normalized spacial score (nSPS) is 25.1. The van der Waals surface area contributed by atoms with Gasteiger partial charge in [0.1, 0.15) is 0 Å². The first kappa shape index (κ1) is 14.1. The topological polar surface area (TPSA) is 41.3 Å². The van der Waals surface area contributed by atoms with Crippen molar-refractivity contribution in [3.8, 4) is 0 Å². The lowest BCUT2D eigenvalue weighted by Crippen LogP contribution is -2.56. The molecule has 1 aliphatic heterocycles. The zero-order chi connectivity index (χ0) is 13.2. The molecule has 0 aromatic heterocycles. The number of anilines is 1. The van der Waals surface area contributed by atoms with Crippen LogP contribution in [0, 0.1) is 0 Å². The molecule has 3 nitrogen and oxygen atoms in total. The highest BCUT2D eigenvalue weighted by Gasteiger charge is 2.32. The van der Waals surface area contributed by atoms with Crippen LogP contribution >= 0.6 is 27.5 Å². The Balaban J connectivity index is 2.16. The van der Waals surface area contributed by atoms with E-state index in [1.54, 1.807) is 0 Å². The lowest BCUT2D eigenvalue weighted by molar-refractivity contribution is 0.198. The van der Waals surface area contributed by atoms with Crippen molar-refractivity contribution in [2.45, 2.75) is 18.4 Å². The van der Waals surface area contributed by atoms with Gasteiger partial charge in [0, 0.05) is 23.2 Å². The molecule has 0 radical (unpaired) electrons. The summed E-state index contributed by atoms with van der Waals surface area (Å²) in [5, 5.41) is 4.29. The van der Waals surface area contributed by atoms with Gasteiger partial charge in [-0.25, -0.2) is 0 Å². The quantitative estimate of drug-likeness (QED) is 0.894. The standard InChI is InChI=1S/C13H19BrClN3/c1-18-6-2-5-13(8-16,9-18)17-10-3-4-11(14)12(15)7-10/h3-4,7,17H,2,5-6,8-9,16H2,1H3. The number of benzene rings is 1. The molecular weight excluding hydrogens is 314 g/mol. The van der Waals surface area contributed by atoms with Crippen LogP contribution in [0.5, 0.6) is 0 Å². The minimum absolute atomic E-state index is 0.0375. The van der Waals surface area contributed by atoms with Crippen LogP contribution in [0.15, 0.2) is 22.7 Å². The van der Waals surface area contributed by atoms with Gasteiger partial charge in [0.05, 0.1) is 10.6 Å². The van der Waals surface area contributed by atoms with Gasteiger partial charge in [-0.2, -0.15) is 0 Å². The zero-order valence-electron chi connectivity index (χ0n) is 10.5. The van der Waals surface area contributed by atoms with E-state index in [0.717, 1.165) is 34.7 Å². The third-order valence-corrected chi connectivity index (χ3v) is 4.72. The van der Waals surface area contributed by atoms with Crippen molar-refractivity contribution in [2.75, 3.05) is 32.0 Å². The molecule has 100 valence electrons. The number of piperidine rings is 1. The SMILES string of the molecule is CN1CCCC(CN)(Nc2ccc(Br)c(Cl)c2)C1. The minimum Gasteiger partial charge on any atom is -0.377 e. The summed E-state index contributed by atoms with van der Waals surface area (Å²) in [5.74, 6) is 0. The minimum atomic E-state index is -0.0375. The van der Waals surface area contributed by atoms with Gasteiger partial charge >= 0.3 is 0 Å². The summed E-state index contributed by atoms with van der Waals surface area (Å²) < 4.78 is 0.914. The molecule has 2 rings (SSSR count). The number of nitrogens with two attached hydrogens (primary N) is 1. The Morgan fingerprint density at radius 2 is 2.33 bits per heavy atom. The summed E-state index contributed by atoms with van der Waals surface area (Å²) in [4.78, 5) is 2.32. The van der Waals surface area contributed by atoms with Gasteiger partial charge < -0.3 is 16.0 Å². The third kappa shape index (κ3) is 3.18. The second kappa shape index (κ2) is 5.78. The van der Waals surface area contributed by atoms with E-state index < -0.39 is 0 Å². The fraction of sp³-hybridized carbons (Fsp3) is 0.538. The Kier molecular flexibility index (Phi) is 4.54. The second-order valence-corrected chi connectivity index (χ2v) is 6.34. The molecule has 1 fully saturated rings. The summed E-state index contributed by atoms with van der Waals surface area (Å²) in [6.07, 6.45) is 2.27. The van der Waals surface area contributed by atoms with E-state index in [9.17, 15) is 0 Å². The van der Waals surface area contributed by atoms with E-state index in [-0.39, 0.29) is 5.54 Å². The van der Waals surface area contributed by atoms with E-state index in [1.807, 2.05) is 18.2 Å². The number of hydrogen-bond donors (Lipinski definition) is 2. The van der Waals surface area contributed by atoms with Gasteiger partial charge in [-0.1, -0.05) is 11.6 Å². The highest BCUT2D eigenvalue weighted by Crippen LogP contribution is 2.29. The summed E-state index contributed by atoms with van der Waals surface area (Å²) in [5.41, 5.74) is 6.98. The molecule has 1 aliphatic rings. The molecule has 5 heteroatoms. The van der Waals surface area contributed by atoms with Crippen molar-refractivity contribution in [2.24, 2.45) is 5.73 Å². The fourth-order valence-electron chi connectivity index (χ4n) is 2.56. The molecular formula is C13H19BrClN3. The van der Waals surface area contributed by atoms with Crippen molar-refractivity contribution < 1.29 is 0 Å². The van der Waals surface area contributed by atoms with Crippen LogP contribution in [0.2, 0.25) is 5.02 Å². The number of hydrogen-bond acceptors (Lipinski definition) is 3. The Morgan fingerprint density at radius 1 is 1.56 bits per heavy atom. The van der Waals surface area contributed by atoms with Gasteiger partial charge in [-0.3, -0.25) is 0 Å². The van der Waals surface area contributed by atoms with Crippen LogP contribution in [0.4, 0.5) is 5.69 Å². The summed E-state index contributed by atoms with van der Waals surface area (Å²) in [6.45, 7) is 2.74. The average Bonchev–Trinajstić information content (AvgIpc) is 2.34. The maximum Gasteiger partial charge on any atom is 0.0622 e. The molecule has 0 saturated carbocycles. The van der Waals surface area contributed by atoms with E-state index in [0.29, 0.717) is 6.54 Å². The van der Waals surface area contributed by atoms with Crippen molar-refractivity contribution in [1.82, 2.24) is 4.90 Å². The smallest absolute Gasteiger partial charge is 0.0622 e. The molecule has 1 heterocycles. The Morgan fingerprint density at radius 3 is 2.94 bits per heavy atom. The molecule has 1 aromatic carbocycles. The van der Waals surface area contributed by atoms with Crippen LogP contribution < -0.4 is 11.1 Å². The molecule has 3 N–H and O–H groups in total. The summed E-state index contributed by atoms with van der Waals surface area (Å²) in [7, 11) is 2.14. The lowest BCUT2D eigenvalue weighted by Gasteiger charge is -2.42. The first-order valence-corrected chi connectivity index (χ1v) is 7.34. The molecule has 0 spiro atoms. The van der Waals surface area contributed by atoms with Gasteiger partial charge in [0.15, 0.2) is 0 Å². The summed E-state index contributed by atoms with van der Waals surface area (Å²) in [6, 6.07) is 5.93. The number of nitrogens with zero attached hydrogens (tertiary/aromatic N) is 1. The fourth-order valence-corrected chi connectivity index (χ4v) is 2.99. The maximum absolute atomic E-state index is 6.12. The monoisotopic (exact) mass is 331 g/mol. The number of likely N-dealkylation sites (tertiary alicyclic amines) is 1. The van der Waals surface area contributed by atoms with E-state index >= 15 is 0 Å². The van der Waals surface area contributed by atoms with Crippen LogP contribution in [-0.2, 0) is 0 Å². The van der Waals surface area contributed by atoms with Crippen LogP contribution in [0.3, 0.4) is 0 Å². The lowest BCUT2D eigenvalue weighted by atomic mass is 9.89. The van der Waals surface area contributed by atoms with Gasteiger partial charge in [-0.15, -0.1) is 0 Å². The first-order valence-electron chi connectivity index (χ1n) is 6.16. The first-order chi connectivity index (χ1) is 8.54. The van der Waals surface area contributed by atoms with E-state index in [1.165, 1.54) is 6.42 Å². The van der Waals surface area contributed by atoms with Crippen LogP contribution in [-0.4, -0.2) is 37.1 Å². The number of rotatable bonds is 3. The van der Waals surface area contributed by atoms with Gasteiger partial charge in [0.25, 0.3) is 0 Å². The van der Waals surface area contributed by atoms with Gasteiger partial charge in [-0.05, 0) is 60.6 Å². The van der Waals surface area contributed by atoms with E-state index in [2.05, 4.69) is 33.2 Å². The maximum atomic E-state index is 6.12. The predicted molar refractivity (Wildman–Crippen MR) is 81.3 cm³/mol. The molecule has 1 saturated heterocycles. The third-order valence-electron chi connectivity index (χ3n) is 3.49. The molecule has 1 atom stereocenters. The summed E-state index contributed by atoms with van der Waals surface area (Å²) >= 11 is 9.52.